The molecular weight excluding hydrogens is 262 g/mol. The second-order valence-corrected chi connectivity index (χ2v) is 4.99. The molecule has 1 unspecified atom stereocenters. The summed E-state index contributed by atoms with van der Waals surface area (Å²) in [6, 6.07) is 18.3. The minimum absolute atomic E-state index is 0.0436. The second-order valence-electron chi connectivity index (χ2n) is 4.99. The van der Waals surface area contributed by atoms with E-state index in [0.717, 1.165) is 17.7 Å². The van der Waals surface area contributed by atoms with Crippen LogP contribution in [0.5, 0.6) is 5.75 Å². The van der Waals surface area contributed by atoms with Crippen LogP contribution in [-0.4, -0.2) is 24.4 Å². The van der Waals surface area contributed by atoms with Crippen molar-refractivity contribution in [1.82, 2.24) is 5.32 Å². The molecule has 2 rings (SSSR count). The molecule has 0 heterocycles. The van der Waals surface area contributed by atoms with Crippen molar-refractivity contribution in [2.45, 2.75) is 25.9 Å². The topological polar surface area (TPSA) is 41.5 Å². The van der Waals surface area contributed by atoms with Gasteiger partial charge < -0.3 is 15.2 Å². The van der Waals surface area contributed by atoms with Gasteiger partial charge >= 0.3 is 0 Å². The van der Waals surface area contributed by atoms with Crippen LogP contribution in [0.1, 0.15) is 18.1 Å². The zero-order chi connectivity index (χ0) is 14.9. The Kier molecular flexibility index (Phi) is 6.25. The Labute approximate surface area is 126 Å². The first kappa shape index (κ1) is 15.5. The fourth-order valence-electron chi connectivity index (χ4n) is 2.30. The summed E-state index contributed by atoms with van der Waals surface area (Å²) in [4.78, 5) is 0. The molecule has 3 heteroatoms. The van der Waals surface area contributed by atoms with E-state index in [2.05, 4.69) is 23.5 Å². The zero-order valence-corrected chi connectivity index (χ0v) is 12.5. The SMILES string of the molecule is CCOc1ccccc1CNC(CO)Cc1ccccc1. The van der Waals surface area contributed by atoms with E-state index in [1.807, 2.05) is 43.3 Å². The lowest BCUT2D eigenvalue weighted by Crippen LogP contribution is -2.34. The molecule has 2 N–H and O–H groups in total. The van der Waals surface area contributed by atoms with Gasteiger partial charge in [-0.2, -0.15) is 0 Å². The molecule has 1 atom stereocenters. The average Bonchev–Trinajstić information content (AvgIpc) is 2.54. The van der Waals surface area contributed by atoms with E-state index in [4.69, 9.17) is 4.74 Å². The number of aliphatic hydroxyl groups excluding tert-OH is 1. The highest BCUT2D eigenvalue weighted by Gasteiger charge is 2.09. The number of nitrogens with one attached hydrogen (secondary N) is 1. The summed E-state index contributed by atoms with van der Waals surface area (Å²) in [5.41, 5.74) is 2.34. The number of benzene rings is 2. The lowest BCUT2D eigenvalue weighted by molar-refractivity contribution is 0.240. The Hall–Kier alpha value is -1.84. The maximum atomic E-state index is 9.54. The minimum Gasteiger partial charge on any atom is -0.494 e. The number of ether oxygens (including phenoxy) is 1. The summed E-state index contributed by atoms with van der Waals surface area (Å²) in [6.07, 6.45) is 0.814. The monoisotopic (exact) mass is 285 g/mol. The van der Waals surface area contributed by atoms with Gasteiger partial charge in [0.15, 0.2) is 0 Å². The molecule has 112 valence electrons. The Morgan fingerprint density at radius 3 is 2.48 bits per heavy atom. The van der Waals surface area contributed by atoms with Crippen LogP contribution in [0.15, 0.2) is 54.6 Å². The van der Waals surface area contributed by atoms with Gasteiger partial charge in [-0.1, -0.05) is 48.5 Å². The second kappa shape index (κ2) is 8.45. The molecule has 0 aliphatic rings. The van der Waals surface area contributed by atoms with E-state index >= 15 is 0 Å². The first-order chi connectivity index (χ1) is 10.3. The van der Waals surface area contributed by atoms with Crippen LogP contribution >= 0.6 is 0 Å². The van der Waals surface area contributed by atoms with Gasteiger partial charge in [-0.25, -0.2) is 0 Å². The lowest BCUT2D eigenvalue weighted by atomic mass is 10.1. The number of para-hydroxylation sites is 1. The van der Waals surface area contributed by atoms with Crippen molar-refractivity contribution >= 4 is 0 Å². The van der Waals surface area contributed by atoms with Crippen LogP contribution in [0.4, 0.5) is 0 Å². The van der Waals surface area contributed by atoms with E-state index < -0.39 is 0 Å². The van der Waals surface area contributed by atoms with Gasteiger partial charge in [-0.15, -0.1) is 0 Å². The van der Waals surface area contributed by atoms with Crippen molar-refractivity contribution in [2.24, 2.45) is 0 Å². The zero-order valence-electron chi connectivity index (χ0n) is 12.5. The van der Waals surface area contributed by atoms with Gasteiger partial charge in [0.2, 0.25) is 0 Å². The van der Waals surface area contributed by atoms with Crippen LogP contribution in [0, 0.1) is 0 Å². The van der Waals surface area contributed by atoms with Gasteiger partial charge in [-0.3, -0.25) is 0 Å². The van der Waals surface area contributed by atoms with E-state index in [-0.39, 0.29) is 12.6 Å². The largest absolute Gasteiger partial charge is 0.494 e. The normalized spacial score (nSPS) is 12.1. The molecular formula is C18H23NO2. The third-order valence-corrected chi connectivity index (χ3v) is 3.40. The van der Waals surface area contributed by atoms with Crippen molar-refractivity contribution in [2.75, 3.05) is 13.2 Å². The molecule has 0 aliphatic carbocycles. The van der Waals surface area contributed by atoms with Crippen LogP contribution in [0.2, 0.25) is 0 Å². The predicted octanol–water partition coefficient (Wildman–Crippen LogP) is 2.78. The summed E-state index contributed by atoms with van der Waals surface area (Å²) in [5.74, 6) is 0.906. The van der Waals surface area contributed by atoms with Crippen LogP contribution in [-0.2, 0) is 13.0 Å². The summed E-state index contributed by atoms with van der Waals surface area (Å²) in [7, 11) is 0. The van der Waals surface area contributed by atoms with Crippen molar-refractivity contribution in [3.05, 3.63) is 65.7 Å². The van der Waals surface area contributed by atoms with Crippen molar-refractivity contribution in [3.8, 4) is 5.75 Å². The maximum Gasteiger partial charge on any atom is 0.123 e. The Morgan fingerprint density at radius 1 is 1.05 bits per heavy atom. The minimum atomic E-state index is 0.0436. The molecule has 0 spiro atoms. The quantitative estimate of drug-likeness (QED) is 0.783. The lowest BCUT2D eigenvalue weighted by Gasteiger charge is -2.18. The van der Waals surface area contributed by atoms with Crippen LogP contribution < -0.4 is 10.1 Å². The first-order valence-electron chi connectivity index (χ1n) is 7.42. The standard InChI is InChI=1S/C18H23NO2/c1-2-21-18-11-7-6-10-16(18)13-19-17(14-20)12-15-8-4-3-5-9-15/h3-11,17,19-20H,2,12-14H2,1H3. The highest BCUT2D eigenvalue weighted by Crippen LogP contribution is 2.17. The van der Waals surface area contributed by atoms with Gasteiger partial charge in [0.05, 0.1) is 13.2 Å². The molecule has 0 amide bonds. The summed E-state index contributed by atoms with van der Waals surface area (Å²) < 4.78 is 5.62. The van der Waals surface area contributed by atoms with E-state index in [0.29, 0.717) is 13.2 Å². The fourth-order valence-corrected chi connectivity index (χ4v) is 2.30. The van der Waals surface area contributed by atoms with Gasteiger partial charge in [0.25, 0.3) is 0 Å². The van der Waals surface area contributed by atoms with E-state index in [1.54, 1.807) is 0 Å². The molecule has 0 aliphatic heterocycles. The van der Waals surface area contributed by atoms with E-state index in [1.165, 1.54) is 5.56 Å². The first-order valence-corrected chi connectivity index (χ1v) is 7.42. The summed E-state index contributed by atoms with van der Waals surface area (Å²) in [6.45, 7) is 3.44. The van der Waals surface area contributed by atoms with E-state index in [9.17, 15) is 5.11 Å². The van der Waals surface area contributed by atoms with Gasteiger partial charge in [0.1, 0.15) is 5.75 Å². The molecule has 3 nitrogen and oxygen atoms in total. The maximum absolute atomic E-state index is 9.54. The predicted molar refractivity (Wildman–Crippen MR) is 85.5 cm³/mol. The Bertz CT molecular complexity index is 528. The average molecular weight is 285 g/mol. The summed E-state index contributed by atoms with van der Waals surface area (Å²) >= 11 is 0. The molecule has 2 aromatic carbocycles. The molecule has 2 aromatic rings. The smallest absolute Gasteiger partial charge is 0.123 e. The molecule has 0 radical (unpaired) electrons. The molecule has 0 saturated carbocycles. The fraction of sp³-hybridized carbons (Fsp3) is 0.333. The van der Waals surface area contributed by atoms with Crippen LogP contribution in [0.3, 0.4) is 0 Å². The number of aliphatic hydroxyl groups is 1. The highest BCUT2D eigenvalue weighted by atomic mass is 16.5. The van der Waals surface area contributed by atoms with Crippen LogP contribution in [0.25, 0.3) is 0 Å². The van der Waals surface area contributed by atoms with Crippen molar-refractivity contribution < 1.29 is 9.84 Å². The molecule has 0 aromatic heterocycles. The van der Waals surface area contributed by atoms with Crippen molar-refractivity contribution in [3.63, 3.8) is 0 Å². The number of hydrogen-bond donors (Lipinski definition) is 2. The molecule has 0 bridgehead atoms. The Balaban J connectivity index is 1.94. The third-order valence-electron chi connectivity index (χ3n) is 3.40. The number of hydrogen-bond acceptors (Lipinski definition) is 3. The van der Waals surface area contributed by atoms with Gasteiger partial charge in [0, 0.05) is 18.2 Å². The summed E-state index contributed by atoms with van der Waals surface area (Å²) in [5, 5.41) is 12.9. The molecule has 0 saturated heterocycles. The highest BCUT2D eigenvalue weighted by molar-refractivity contribution is 5.33. The third kappa shape index (κ3) is 4.88. The van der Waals surface area contributed by atoms with Crippen molar-refractivity contribution in [1.29, 1.82) is 0 Å². The Morgan fingerprint density at radius 2 is 1.76 bits per heavy atom. The number of rotatable bonds is 8. The molecule has 21 heavy (non-hydrogen) atoms. The van der Waals surface area contributed by atoms with Gasteiger partial charge in [-0.05, 0) is 25.0 Å². The molecule has 0 fully saturated rings.